The van der Waals surface area contributed by atoms with E-state index in [1.54, 1.807) is 30.3 Å². The van der Waals surface area contributed by atoms with Crippen molar-refractivity contribution in [3.05, 3.63) is 35.9 Å². The van der Waals surface area contributed by atoms with E-state index >= 15 is 0 Å². The summed E-state index contributed by atoms with van der Waals surface area (Å²) >= 11 is 0. The fourth-order valence-corrected chi connectivity index (χ4v) is 1.38. The summed E-state index contributed by atoms with van der Waals surface area (Å²) in [5.41, 5.74) is 0.530. The molecular weight excluding hydrogens is 195 g/mol. The van der Waals surface area contributed by atoms with E-state index in [0.717, 1.165) is 0 Å². The lowest BCUT2D eigenvalue weighted by Crippen LogP contribution is -2.01. The van der Waals surface area contributed by atoms with Crippen LogP contribution in [0.3, 0.4) is 0 Å². The first-order chi connectivity index (χ1) is 5.08. The molecule has 0 amide bonds. The van der Waals surface area contributed by atoms with Crippen LogP contribution < -0.4 is 0 Å². The third-order valence-electron chi connectivity index (χ3n) is 1.19. The molecule has 5 heteroatoms. The zero-order valence-corrected chi connectivity index (χ0v) is 9.54. The Morgan fingerprint density at radius 1 is 1.17 bits per heavy atom. The molecule has 0 saturated heterocycles. The molecule has 0 spiro atoms. The third-order valence-corrected chi connectivity index (χ3v) is 1.87. The van der Waals surface area contributed by atoms with Gasteiger partial charge in [-0.25, -0.2) is 8.42 Å². The highest BCUT2D eigenvalue weighted by Crippen LogP contribution is 2.02. The van der Waals surface area contributed by atoms with E-state index in [0.29, 0.717) is 5.56 Å². The van der Waals surface area contributed by atoms with Crippen molar-refractivity contribution in [3.63, 3.8) is 0 Å². The average molecular weight is 206 g/mol. The second-order valence-corrected chi connectivity index (χ2v) is 3.59. The largest absolute Gasteiger partial charge is 0.748 e. The standard InChI is InChI=1S/C7H8O3S.H3P/c8-11(9,10)6-7-4-2-1-3-5-7;/h1-5H,6H2,(H,8,9,10);1H3. The van der Waals surface area contributed by atoms with Gasteiger partial charge in [0.15, 0.2) is 0 Å². The number of hydrogen-bond donors (Lipinski definition) is 0. The van der Waals surface area contributed by atoms with Crippen molar-refractivity contribution in [3.8, 4) is 0 Å². The molecule has 0 radical (unpaired) electrons. The van der Waals surface area contributed by atoms with Crippen molar-refractivity contribution in [2.45, 2.75) is 5.75 Å². The van der Waals surface area contributed by atoms with Crippen LogP contribution in [0.4, 0.5) is 0 Å². The van der Waals surface area contributed by atoms with Crippen LogP contribution in [0.15, 0.2) is 30.3 Å². The molecule has 1 aromatic rings. The molecule has 0 aliphatic heterocycles. The Bertz CT molecular complexity index is 320. The molecular formula is C7H11O3PS. The van der Waals surface area contributed by atoms with E-state index in [1.807, 2.05) is 0 Å². The first-order valence-electron chi connectivity index (χ1n) is 3.05. The average Bonchev–Trinajstić information content (AvgIpc) is 1.85. The van der Waals surface area contributed by atoms with Crippen LogP contribution in [0.5, 0.6) is 0 Å². The number of benzene rings is 1. The highest BCUT2D eigenvalue weighted by molar-refractivity contribution is 7.84. The molecule has 68 valence electrons. The quantitative estimate of drug-likeness (QED) is 0.523. The van der Waals surface area contributed by atoms with E-state index in [4.69, 9.17) is 0 Å². The first-order valence-corrected chi connectivity index (χ1v) is 4.63. The monoisotopic (exact) mass is 206 g/mol. The summed E-state index contributed by atoms with van der Waals surface area (Å²) in [7, 11) is -4.13. The van der Waals surface area contributed by atoms with Crippen LogP contribution in [0.1, 0.15) is 5.56 Å². The van der Waals surface area contributed by atoms with Gasteiger partial charge in [0, 0.05) is 0 Å². The molecule has 3 nitrogen and oxygen atoms in total. The smallest absolute Gasteiger partial charge is 0.0988 e. The van der Waals surface area contributed by atoms with Gasteiger partial charge in [0.25, 0.3) is 0 Å². The zero-order valence-electron chi connectivity index (χ0n) is 6.73. The minimum absolute atomic E-state index is 0. The summed E-state index contributed by atoms with van der Waals surface area (Å²) in [6, 6.07) is 8.37. The molecule has 12 heavy (non-hydrogen) atoms. The SMILES string of the molecule is O=S(=O)([O-])Cc1ccccc1.[PH4+]. The van der Waals surface area contributed by atoms with Gasteiger partial charge in [-0.05, 0) is 15.5 Å². The van der Waals surface area contributed by atoms with Crippen LogP contribution in [0.25, 0.3) is 0 Å². The van der Waals surface area contributed by atoms with Crippen molar-refractivity contribution in [2.75, 3.05) is 0 Å². The summed E-state index contributed by atoms with van der Waals surface area (Å²) in [6.07, 6.45) is 0. The van der Waals surface area contributed by atoms with Crippen molar-refractivity contribution in [2.24, 2.45) is 0 Å². The molecule has 1 unspecified atom stereocenters. The van der Waals surface area contributed by atoms with Crippen LogP contribution in [0.2, 0.25) is 0 Å². The third kappa shape index (κ3) is 4.44. The molecule has 1 atom stereocenters. The molecule has 1 rings (SSSR count). The molecule has 0 saturated carbocycles. The summed E-state index contributed by atoms with van der Waals surface area (Å²) in [5, 5.41) is 0. The molecule has 0 fully saturated rings. The van der Waals surface area contributed by atoms with E-state index in [9.17, 15) is 13.0 Å². The molecule has 0 aromatic heterocycles. The van der Waals surface area contributed by atoms with Crippen LogP contribution in [-0.2, 0) is 15.9 Å². The van der Waals surface area contributed by atoms with Crippen molar-refractivity contribution >= 4 is 20.0 Å². The molecule has 0 aliphatic rings. The first kappa shape index (κ1) is 11.6. The summed E-state index contributed by atoms with van der Waals surface area (Å²) in [4.78, 5) is 0. The fourth-order valence-electron chi connectivity index (χ4n) is 0.778. The minimum Gasteiger partial charge on any atom is -0.748 e. The maximum atomic E-state index is 10.2. The number of rotatable bonds is 2. The van der Waals surface area contributed by atoms with Crippen molar-refractivity contribution in [1.29, 1.82) is 0 Å². The lowest BCUT2D eigenvalue weighted by Gasteiger charge is -2.05. The lowest BCUT2D eigenvalue weighted by atomic mass is 10.2. The Balaban J connectivity index is 0.00000121. The van der Waals surface area contributed by atoms with E-state index in [2.05, 4.69) is 0 Å². The van der Waals surface area contributed by atoms with E-state index in [-0.39, 0.29) is 9.90 Å². The van der Waals surface area contributed by atoms with Crippen LogP contribution in [0, 0.1) is 0 Å². The highest BCUT2D eigenvalue weighted by Gasteiger charge is 1.95. The molecule has 1 aromatic carbocycles. The maximum absolute atomic E-state index is 10.2. The Morgan fingerprint density at radius 3 is 2.08 bits per heavy atom. The normalized spacial score (nSPS) is 10.4. The van der Waals surface area contributed by atoms with Crippen LogP contribution >= 0.6 is 9.90 Å². The van der Waals surface area contributed by atoms with Gasteiger partial charge in [0.1, 0.15) is 0 Å². The number of hydrogen-bond acceptors (Lipinski definition) is 3. The van der Waals surface area contributed by atoms with Gasteiger partial charge in [-0.1, -0.05) is 30.3 Å². The molecule has 0 bridgehead atoms. The fraction of sp³-hybridized carbons (Fsp3) is 0.143. The lowest BCUT2D eigenvalue weighted by molar-refractivity contribution is 0.462. The van der Waals surface area contributed by atoms with Gasteiger partial charge >= 0.3 is 0 Å². The van der Waals surface area contributed by atoms with Crippen LogP contribution in [-0.4, -0.2) is 13.0 Å². The topological polar surface area (TPSA) is 57.2 Å². The Hall–Kier alpha value is -0.440. The Morgan fingerprint density at radius 2 is 1.67 bits per heavy atom. The zero-order chi connectivity index (χ0) is 8.32. The molecule has 0 N–H and O–H groups in total. The molecule has 0 aliphatic carbocycles. The van der Waals surface area contributed by atoms with Gasteiger partial charge in [0.05, 0.1) is 15.9 Å². The van der Waals surface area contributed by atoms with Crippen molar-refractivity contribution in [1.82, 2.24) is 0 Å². The summed E-state index contributed by atoms with van der Waals surface area (Å²) in [6.45, 7) is 0. The maximum Gasteiger partial charge on any atom is 0.0988 e. The molecule has 0 heterocycles. The van der Waals surface area contributed by atoms with Gasteiger partial charge in [-0.3, -0.25) is 0 Å². The van der Waals surface area contributed by atoms with Crippen molar-refractivity contribution < 1.29 is 13.0 Å². The second-order valence-electron chi connectivity index (χ2n) is 2.19. The summed E-state index contributed by atoms with van der Waals surface area (Å²) in [5.74, 6) is -0.423. The highest BCUT2D eigenvalue weighted by atomic mass is 32.2. The van der Waals surface area contributed by atoms with Gasteiger partial charge in [-0.2, -0.15) is 0 Å². The predicted molar refractivity (Wildman–Crippen MR) is 52.3 cm³/mol. The van der Waals surface area contributed by atoms with E-state index < -0.39 is 15.9 Å². The Kier molecular flexibility index (Phi) is 4.39. The van der Waals surface area contributed by atoms with E-state index in [1.165, 1.54) is 0 Å². The second kappa shape index (κ2) is 4.55. The minimum atomic E-state index is -4.13. The Labute approximate surface area is 75.2 Å². The van der Waals surface area contributed by atoms with Gasteiger partial charge < -0.3 is 4.55 Å². The van der Waals surface area contributed by atoms with Gasteiger partial charge in [-0.15, -0.1) is 0 Å². The summed E-state index contributed by atoms with van der Waals surface area (Å²) < 4.78 is 30.7. The predicted octanol–water partition coefficient (Wildman–Crippen LogP) is 0.522. The van der Waals surface area contributed by atoms with Gasteiger partial charge in [0.2, 0.25) is 0 Å².